The highest BCUT2D eigenvalue weighted by molar-refractivity contribution is 5.99. The minimum Gasteiger partial charge on any atom is -0.332 e. The van der Waals surface area contributed by atoms with E-state index in [2.05, 4.69) is 37.3 Å². The highest BCUT2D eigenvalue weighted by atomic mass is 16.2. The van der Waals surface area contributed by atoms with E-state index in [9.17, 15) is 4.79 Å². The van der Waals surface area contributed by atoms with Crippen LogP contribution in [0, 0.1) is 6.92 Å². The van der Waals surface area contributed by atoms with Gasteiger partial charge in [-0.2, -0.15) is 0 Å². The molecule has 2 aromatic carbocycles. The summed E-state index contributed by atoms with van der Waals surface area (Å²) < 4.78 is 0. The molecule has 0 radical (unpaired) electrons. The van der Waals surface area contributed by atoms with E-state index in [0.29, 0.717) is 0 Å². The highest BCUT2D eigenvalue weighted by Crippen LogP contribution is 2.28. The fourth-order valence-corrected chi connectivity index (χ4v) is 3.10. The Morgan fingerprint density at radius 2 is 1.60 bits per heavy atom. The number of amides is 1. The molecule has 1 aliphatic rings. The predicted molar refractivity (Wildman–Crippen MR) is 108 cm³/mol. The van der Waals surface area contributed by atoms with Crippen molar-refractivity contribution in [2.45, 2.75) is 67.0 Å². The standard InChI is InChI=1S/C19H21NO.2C2H6/c1-14-7-6-10-17-13-20(19(21)18(14)17)15(2)11-12-16-8-4-3-5-9-16;2*1-2/h3-10,15H,11-13H2,1-2H3;2*1-2H3. The second-order valence-corrected chi connectivity index (χ2v) is 5.92. The maximum Gasteiger partial charge on any atom is 0.255 e. The molecule has 0 saturated heterocycles. The number of rotatable bonds is 4. The molecular weight excluding hydrogens is 306 g/mol. The van der Waals surface area contributed by atoms with E-state index in [4.69, 9.17) is 0 Å². The maximum atomic E-state index is 12.6. The molecule has 1 heterocycles. The Morgan fingerprint density at radius 1 is 0.960 bits per heavy atom. The van der Waals surface area contributed by atoms with Gasteiger partial charge in [0.1, 0.15) is 0 Å². The zero-order valence-corrected chi connectivity index (χ0v) is 16.7. The number of carbonyl (C=O) groups is 1. The lowest BCUT2D eigenvalue weighted by Crippen LogP contribution is -2.33. The molecule has 1 aliphatic heterocycles. The van der Waals surface area contributed by atoms with Crippen molar-refractivity contribution in [2.75, 3.05) is 0 Å². The topological polar surface area (TPSA) is 20.3 Å². The smallest absolute Gasteiger partial charge is 0.255 e. The maximum absolute atomic E-state index is 12.6. The van der Waals surface area contributed by atoms with Crippen LogP contribution in [0.4, 0.5) is 0 Å². The van der Waals surface area contributed by atoms with Crippen molar-refractivity contribution < 1.29 is 4.79 Å². The zero-order chi connectivity index (χ0) is 18.8. The molecule has 0 bridgehead atoms. The third kappa shape index (κ3) is 5.19. The third-order valence-electron chi connectivity index (χ3n) is 4.40. The second-order valence-electron chi connectivity index (χ2n) is 5.92. The summed E-state index contributed by atoms with van der Waals surface area (Å²) in [6.07, 6.45) is 2.02. The van der Waals surface area contributed by atoms with Gasteiger partial charge in [0.15, 0.2) is 0 Å². The molecule has 1 amide bonds. The first-order chi connectivity index (χ1) is 12.2. The summed E-state index contributed by atoms with van der Waals surface area (Å²) in [7, 11) is 0. The van der Waals surface area contributed by atoms with Crippen LogP contribution in [0.25, 0.3) is 0 Å². The first-order valence-electron chi connectivity index (χ1n) is 9.60. The molecule has 1 atom stereocenters. The average Bonchev–Trinajstić information content (AvgIpc) is 3.02. The van der Waals surface area contributed by atoms with Gasteiger partial charge in [0, 0.05) is 18.2 Å². The van der Waals surface area contributed by atoms with E-state index in [1.807, 2.05) is 57.7 Å². The van der Waals surface area contributed by atoms with Gasteiger partial charge in [-0.3, -0.25) is 4.79 Å². The Morgan fingerprint density at radius 3 is 2.20 bits per heavy atom. The summed E-state index contributed by atoms with van der Waals surface area (Å²) in [6, 6.07) is 16.9. The van der Waals surface area contributed by atoms with Crippen LogP contribution in [-0.2, 0) is 13.0 Å². The average molecular weight is 340 g/mol. The minimum atomic E-state index is 0.198. The second kappa shape index (κ2) is 10.7. The molecule has 0 aromatic heterocycles. The van der Waals surface area contributed by atoms with E-state index >= 15 is 0 Å². The summed E-state index contributed by atoms with van der Waals surface area (Å²) in [6.45, 7) is 12.9. The number of nitrogens with zero attached hydrogens (tertiary/aromatic N) is 1. The molecule has 2 aromatic rings. The number of hydrogen-bond acceptors (Lipinski definition) is 1. The molecule has 25 heavy (non-hydrogen) atoms. The van der Waals surface area contributed by atoms with E-state index in [1.54, 1.807) is 0 Å². The van der Waals surface area contributed by atoms with Crippen LogP contribution in [-0.4, -0.2) is 16.8 Å². The van der Waals surface area contributed by atoms with E-state index in [0.717, 1.165) is 30.5 Å². The van der Waals surface area contributed by atoms with Crippen molar-refractivity contribution in [2.24, 2.45) is 0 Å². The fraction of sp³-hybridized carbons (Fsp3) is 0.435. The predicted octanol–water partition coefficient (Wildman–Crippen LogP) is 6.02. The molecule has 136 valence electrons. The Labute approximate surface area is 153 Å². The lowest BCUT2D eigenvalue weighted by molar-refractivity contribution is 0.0709. The van der Waals surface area contributed by atoms with Crippen molar-refractivity contribution >= 4 is 5.91 Å². The van der Waals surface area contributed by atoms with Gasteiger partial charge in [0.2, 0.25) is 0 Å². The van der Waals surface area contributed by atoms with Crippen LogP contribution < -0.4 is 0 Å². The molecule has 2 nitrogen and oxygen atoms in total. The van der Waals surface area contributed by atoms with Gasteiger partial charge in [-0.1, -0.05) is 76.2 Å². The summed E-state index contributed by atoms with van der Waals surface area (Å²) in [5.41, 5.74) is 4.52. The van der Waals surface area contributed by atoms with Crippen LogP contribution in [0.1, 0.15) is 68.1 Å². The summed E-state index contributed by atoms with van der Waals surface area (Å²) >= 11 is 0. The SMILES string of the molecule is CC.CC.Cc1cccc2c1C(=O)N(C(C)CCc1ccccc1)C2. The summed E-state index contributed by atoms with van der Waals surface area (Å²) in [4.78, 5) is 14.6. The first-order valence-corrected chi connectivity index (χ1v) is 9.60. The van der Waals surface area contributed by atoms with Gasteiger partial charge >= 0.3 is 0 Å². The normalized spacial score (nSPS) is 13.2. The van der Waals surface area contributed by atoms with Crippen LogP contribution in [0.2, 0.25) is 0 Å². The van der Waals surface area contributed by atoms with Crippen LogP contribution in [0.15, 0.2) is 48.5 Å². The van der Waals surface area contributed by atoms with Crippen molar-refractivity contribution in [1.29, 1.82) is 0 Å². The highest BCUT2D eigenvalue weighted by Gasteiger charge is 2.31. The molecule has 0 spiro atoms. The van der Waals surface area contributed by atoms with Crippen molar-refractivity contribution in [3.8, 4) is 0 Å². The minimum absolute atomic E-state index is 0.198. The summed E-state index contributed by atoms with van der Waals surface area (Å²) in [5.74, 6) is 0.198. The lowest BCUT2D eigenvalue weighted by Gasteiger charge is -2.24. The van der Waals surface area contributed by atoms with Gasteiger partial charge in [-0.25, -0.2) is 0 Å². The Hall–Kier alpha value is -2.09. The number of hydrogen-bond donors (Lipinski definition) is 0. The molecule has 3 rings (SSSR count). The van der Waals surface area contributed by atoms with E-state index in [-0.39, 0.29) is 11.9 Å². The van der Waals surface area contributed by atoms with Gasteiger partial charge in [-0.05, 0) is 43.4 Å². The van der Waals surface area contributed by atoms with Crippen molar-refractivity contribution in [1.82, 2.24) is 4.90 Å². The number of fused-ring (bicyclic) bond motifs is 1. The number of aryl methyl sites for hydroxylation is 2. The van der Waals surface area contributed by atoms with Gasteiger partial charge < -0.3 is 4.90 Å². The van der Waals surface area contributed by atoms with Crippen molar-refractivity contribution in [3.63, 3.8) is 0 Å². The zero-order valence-electron chi connectivity index (χ0n) is 16.7. The Bertz CT molecular complexity index is 648. The Kier molecular flexibility index (Phi) is 8.98. The lowest BCUT2D eigenvalue weighted by atomic mass is 10.0. The van der Waals surface area contributed by atoms with Crippen LogP contribution in [0.5, 0.6) is 0 Å². The molecule has 2 heteroatoms. The van der Waals surface area contributed by atoms with Gasteiger partial charge in [0.25, 0.3) is 5.91 Å². The quantitative estimate of drug-likeness (QED) is 0.666. The molecule has 0 fully saturated rings. The van der Waals surface area contributed by atoms with Crippen LogP contribution in [0.3, 0.4) is 0 Å². The number of carbonyl (C=O) groups excluding carboxylic acids is 1. The third-order valence-corrected chi connectivity index (χ3v) is 4.40. The first kappa shape index (κ1) is 21.0. The molecule has 0 saturated carbocycles. The van der Waals surface area contributed by atoms with E-state index in [1.165, 1.54) is 11.1 Å². The monoisotopic (exact) mass is 339 g/mol. The van der Waals surface area contributed by atoms with E-state index < -0.39 is 0 Å². The molecular formula is C23H33NO. The molecule has 1 unspecified atom stereocenters. The number of benzene rings is 2. The summed E-state index contributed by atoms with van der Waals surface area (Å²) in [5, 5.41) is 0. The van der Waals surface area contributed by atoms with Gasteiger partial charge in [-0.15, -0.1) is 0 Å². The molecule has 0 aliphatic carbocycles. The Balaban J connectivity index is 0.000000730. The van der Waals surface area contributed by atoms with Gasteiger partial charge in [0.05, 0.1) is 0 Å². The fourth-order valence-electron chi connectivity index (χ4n) is 3.10. The van der Waals surface area contributed by atoms with Crippen molar-refractivity contribution in [3.05, 3.63) is 70.8 Å². The largest absolute Gasteiger partial charge is 0.332 e. The molecule has 0 N–H and O–H groups in total. The van der Waals surface area contributed by atoms with Crippen LogP contribution >= 0.6 is 0 Å².